The Balaban J connectivity index is 1.53. The Kier molecular flexibility index (Phi) is 7.34. The van der Waals surface area contributed by atoms with Gasteiger partial charge in [0.15, 0.2) is 0 Å². The molecule has 0 unspecified atom stereocenters. The van der Waals surface area contributed by atoms with Gasteiger partial charge in [-0.25, -0.2) is 9.59 Å². The van der Waals surface area contributed by atoms with Crippen LogP contribution in [0.5, 0.6) is 0 Å². The Morgan fingerprint density at radius 2 is 1.63 bits per heavy atom. The molecule has 2 aromatic carbocycles. The summed E-state index contributed by atoms with van der Waals surface area (Å²) in [4.78, 5) is 38.6. The van der Waals surface area contributed by atoms with Crippen LogP contribution in [0.25, 0.3) is 11.1 Å². The molecule has 2 aromatic rings. The molecule has 182 valence electrons. The van der Waals surface area contributed by atoms with E-state index in [2.05, 4.69) is 18.5 Å². The van der Waals surface area contributed by atoms with Crippen molar-refractivity contribution in [3.05, 3.63) is 85.5 Å². The number of fused-ring (bicyclic) bond motifs is 1. The zero-order valence-corrected chi connectivity index (χ0v) is 19.5. The van der Waals surface area contributed by atoms with Crippen LogP contribution in [0.4, 0.5) is 4.79 Å². The summed E-state index contributed by atoms with van der Waals surface area (Å²) in [6, 6.07) is 17.5. The van der Waals surface area contributed by atoms with Gasteiger partial charge in [-0.3, -0.25) is 4.79 Å². The first-order valence-corrected chi connectivity index (χ1v) is 11.7. The maximum Gasteiger partial charge on any atom is 0.408 e. The number of carbonyl (C=O) groups is 3. The van der Waals surface area contributed by atoms with Gasteiger partial charge in [0.2, 0.25) is 0 Å². The molecule has 0 heterocycles. The minimum atomic E-state index is -1.36. The zero-order chi connectivity index (χ0) is 24.8. The van der Waals surface area contributed by atoms with Crippen LogP contribution < -0.4 is 5.32 Å². The number of amides is 1. The van der Waals surface area contributed by atoms with Crippen LogP contribution in [-0.2, 0) is 30.4 Å². The van der Waals surface area contributed by atoms with Crippen molar-refractivity contribution in [2.45, 2.75) is 25.0 Å². The van der Waals surface area contributed by atoms with E-state index in [0.29, 0.717) is 12.8 Å². The van der Waals surface area contributed by atoms with Gasteiger partial charge in [-0.1, -0.05) is 79.9 Å². The van der Waals surface area contributed by atoms with Gasteiger partial charge in [0.1, 0.15) is 25.4 Å². The molecule has 7 nitrogen and oxygen atoms in total. The number of carbonyl (C=O) groups excluding carboxylic acids is 3. The lowest BCUT2D eigenvalue weighted by atomic mass is 9.90. The third-order valence-corrected chi connectivity index (χ3v) is 6.71. The van der Waals surface area contributed by atoms with Crippen molar-refractivity contribution in [3.8, 4) is 11.1 Å². The zero-order valence-electron chi connectivity index (χ0n) is 19.5. The number of benzene rings is 2. The van der Waals surface area contributed by atoms with Crippen LogP contribution in [0.15, 0.2) is 79.9 Å². The summed E-state index contributed by atoms with van der Waals surface area (Å²) in [7, 11) is 0. The molecule has 2 saturated carbocycles. The number of esters is 2. The Hall–Kier alpha value is -3.87. The molecule has 4 atom stereocenters. The lowest BCUT2D eigenvalue weighted by Crippen LogP contribution is -2.56. The molecule has 35 heavy (non-hydrogen) atoms. The molecular formula is C28H29NO6. The standard InChI is InChI=1S/C28H29NO6/c1-3-16-33-25(30)23-22-14-15-28(24(22)23,29-27(32)34-17-4-2)26(31)35-18-20-12-8-9-13-21(20)19-10-6-5-7-11-19/h3-13,22-24H,1-2,14-18H2,(H,29,32)/t22-,23-,24-,28-/m0/s1. The second-order valence-corrected chi connectivity index (χ2v) is 8.76. The molecule has 2 aliphatic rings. The highest BCUT2D eigenvalue weighted by Crippen LogP contribution is 2.63. The summed E-state index contributed by atoms with van der Waals surface area (Å²) in [5.74, 6) is -1.92. The summed E-state index contributed by atoms with van der Waals surface area (Å²) < 4.78 is 16.1. The van der Waals surface area contributed by atoms with Crippen molar-refractivity contribution in [2.75, 3.05) is 13.2 Å². The topological polar surface area (TPSA) is 90.9 Å². The van der Waals surface area contributed by atoms with Crippen molar-refractivity contribution in [2.24, 2.45) is 17.8 Å². The van der Waals surface area contributed by atoms with Crippen molar-refractivity contribution in [1.82, 2.24) is 5.32 Å². The minimum absolute atomic E-state index is 0.000310. The number of hydrogen-bond donors (Lipinski definition) is 1. The molecule has 2 aliphatic carbocycles. The second kappa shape index (κ2) is 10.6. The normalized spacial score (nSPS) is 23.9. The Labute approximate surface area is 204 Å². The van der Waals surface area contributed by atoms with E-state index in [1.165, 1.54) is 12.2 Å². The van der Waals surface area contributed by atoms with Crippen LogP contribution in [0, 0.1) is 17.8 Å². The van der Waals surface area contributed by atoms with E-state index in [0.717, 1.165) is 16.7 Å². The van der Waals surface area contributed by atoms with Crippen LogP contribution in [0.1, 0.15) is 18.4 Å². The molecule has 4 rings (SSSR count). The van der Waals surface area contributed by atoms with E-state index < -0.39 is 35.4 Å². The predicted octanol–water partition coefficient (Wildman–Crippen LogP) is 4.43. The third-order valence-electron chi connectivity index (χ3n) is 6.71. The summed E-state index contributed by atoms with van der Waals surface area (Å²) in [6.45, 7) is 7.21. The van der Waals surface area contributed by atoms with Gasteiger partial charge in [0.25, 0.3) is 0 Å². The van der Waals surface area contributed by atoms with Gasteiger partial charge in [0.05, 0.1) is 5.92 Å². The Bertz CT molecular complexity index is 1110. The van der Waals surface area contributed by atoms with E-state index in [4.69, 9.17) is 14.2 Å². The summed E-state index contributed by atoms with van der Waals surface area (Å²) in [5, 5.41) is 2.73. The minimum Gasteiger partial charge on any atom is -0.461 e. The van der Waals surface area contributed by atoms with Crippen LogP contribution in [0.3, 0.4) is 0 Å². The third kappa shape index (κ3) is 4.99. The lowest BCUT2D eigenvalue weighted by molar-refractivity contribution is -0.154. The van der Waals surface area contributed by atoms with Crippen molar-refractivity contribution < 1.29 is 28.6 Å². The molecule has 0 saturated heterocycles. The summed E-state index contributed by atoms with van der Waals surface area (Å²) in [5.41, 5.74) is 1.44. The van der Waals surface area contributed by atoms with E-state index in [-0.39, 0.29) is 25.7 Å². The molecule has 1 amide bonds. The first-order chi connectivity index (χ1) is 17.0. The van der Waals surface area contributed by atoms with E-state index in [1.54, 1.807) is 0 Å². The molecule has 0 bridgehead atoms. The average Bonchev–Trinajstić information content (AvgIpc) is 3.51. The molecule has 1 N–H and O–H groups in total. The first kappa shape index (κ1) is 24.3. The van der Waals surface area contributed by atoms with Crippen molar-refractivity contribution in [1.29, 1.82) is 0 Å². The number of hydrogen-bond acceptors (Lipinski definition) is 6. The average molecular weight is 476 g/mol. The second-order valence-electron chi connectivity index (χ2n) is 8.76. The van der Waals surface area contributed by atoms with E-state index in [9.17, 15) is 14.4 Å². The maximum absolute atomic E-state index is 13.5. The van der Waals surface area contributed by atoms with Gasteiger partial charge < -0.3 is 19.5 Å². The SMILES string of the molecule is C=CCOC(=O)N[C@@]1(C(=O)OCc2ccccc2-c2ccccc2)CC[C@H]2[C@H](C(=O)OCC=C)[C@H]21. The fraction of sp³-hybridized carbons (Fsp3) is 0.321. The summed E-state index contributed by atoms with van der Waals surface area (Å²) in [6.07, 6.45) is 3.13. The van der Waals surface area contributed by atoms with Crippen LogP contribution >= 0.6 is 0 Å². The molecule has 0 radical (unpaired) electrons. The Morgan fingerprint density at radius 1 is 0.943 bits per heavy atom. The highest BCUT2D eigenvalue weighted by molar-refractivity contribution is 5.90. The maximum atomic E-state index is 13.5. The molecule has 0 spiro atoms. The van der Waals surface area contributed by atoms with Gasteiger partial charge in [-0.05, 0) is 35.4 Å². The molecule has 2 fully saturated rings. The van der Waals surface area contributed by atoms with Crippen LogP contribution in [-0.4, -0.2) is 36.8 Å². The highest BCUT2D eigenvalue weighted by Gasteiger charge is 2.72. The smallest absolute Gasteiger partial charge is 0.408 e. The van der Waals surface area contributed by atoms with Gasteiger partial charge in [-0.2, -0.15) is 0 Å². The van der Waals surface area contributed by atoms with Crippen molar-refractivity contribution >= 4 is 18.0 Å². The van der Waals surface area contributed by atoms with Crippen LogP contribution in [0.2, 0.25) is 0 Å². The fourth-order valence-electron chi connectivity index (χ4n) is 5.13. The largest absolute Gasteiger partial charge is 0.461 e. The molecule has 0 aliphatic heterocycles. The van der Waals surface area contributed by atoms with E-state index >= 15 is 0 Å². The van der Waals surface area contributed by atoms with Gasteiger partial charge in [0, 0.05) is 5.92 Å². The predicted molar refractivity (Wildman–Crippen MR) is 130 cm³/mol. The van der Waals surface area contributed by atoms with Gasteiger partial charge in [-0.15, -0.1) is 0 Å². The fourth-order valence-corrected chi connectivity index (χ4v) is 5.13. The van der Waals surface area contributed by atoms with Gasteiger partial charge >= 0.3 is 18.0 Å². The Morgan fingerprint density at radius 3 is 2.37 bits per heavy atom. The lowest BCUT2D eigenvalue weighted by Gasteiger charge is -2.30. The molecule has 0 aromatic heterocycles. The molecule has 7 heteroatoms. The van der Waals surface area contributed by atoms with E-state index in [1.807, 2.05) is 54.6 Å². The number of ether oxygens (including phenoxy) is 3. The highest BCUT2D eigenvalue weighted by atomic mass is 16.6. The monoisotopic (exact) mass is 475 g/mol. The number of rotatable bonds is 10. The number of alkyl carbamates (subject to hydrolysis) is 1. The number of nitrogens with one attached hydrogen (secondary N) is 1. The quantitative estimate of drug-likeness (QED) is 0.311. The van der Waals surface area contributed by atoms with Crippen molar-refractivity contribution in [3.63, 3.8) is 0 Å². The first-order valence-electron chi connectivity index (χ1n) is 11.7. The summed E-state index contributed by atoms with van der Waals surface area (Å²) >= 11 is 0. The molecular weight excluding hydrogens is 446 g/mol.